The Balaban J connectivity index is 1.32. The Labute approximate surface area is 159 Å². The number of benzene rings is 1. The van der Waals surface area contributed by atoms with Crippen LogP contribution < -0.4 is 5.32 Å². The van der Waals surface area contributed by atoms with Gasteiger partial charge < -0.3 is 24.4 Å². The van der Waals surface area contributed by atoms with Crippen LogP contribution in [0.1, 0.15) is 30.9 Å². The summed E-state index contributed by atoms with van der Waals surface area (Å²) in [5.74, 6) is 0. The minimum absolute atomic E-state index is 0.0496. The zero-order valence-corrected chi connectivity index (χ0v) is 15.7. The molecule has 2 aliphatic heterocycles. The van der Waals surface area contributed by atoms with Gasteiger partial charge >= 0.3 is 6.03 Å². The first kappa shape index (κ1) is 19.4. The van der Waals surface area contributed by atoms with Crippen LogP contribution in [0.3, 0.4) is 0 Å². The van der Waals surface area contributed by atoms with Gasteiger partial charge in [0.1, 0.15) is 6.10 Å². The van der Waals surface area contributed by atoms with Gasteiger partial charge in [-0.15, -0.1) is 0 Å². The number of nitrogens with one attached hydrogen (secondary N) is 1. The number of nitrogens with zero attached hydrogens (tertiary/aromatic N) is 1. The molecule has 1 aromatic rings. The molecule has 0 bridgehead atoms. The van der Waals surface area contributed by atoms with Crippen LogP contribution in [0.5, 0.6) is 0 Å². The van der Waals surface area contributed by atoms with Gasteiger partial charge in [0.2, 0.25) is 0 Å². The van der Waals surface area contributed by atoms with Crippen molar-refractivity contribution in [3.8, 4) is 0 Å². The zero-order valence-electron chi connectivity index (χ0n) is 15.0. The molecule has 0 radical (unpaired) electrons. The van der Waals surface area contributed by atoms with E-state index in [0.717, 1.165) is 31.4 Å². The molecule has 2 aliphatic rings. The van der Waals surface area contributed by atoms with Crippen LogP contribution in [0.2, 0.25) is 5.02 Å². The average Bonchev–Trinajstić information content (AvgIpc) is 3.18. The number of halogens is 1. The summed E-state index contributed by atoms with van der Waals surface area (Å²) < 4.78 is 16.9. The maximum Gasteiger partial charge on any atom is 0.317 e. The van der Waals surface area contributed by atoms with Crippen molar-refractivity contribution in [1.29, 1.82) is 0 Å². The Hall–Kier alpha value is -1.34. The van der Waals surface area contributed by atoms with Crippen molar-refractivity contribution in [2.24, 2.45) is 0 Å². The molecule has 0 aromatic heterocycles. The smallest absolute Gasteiger partial charge is 0.317 e. The first-order valence-corrected chi connectivity index (χ1v) is 9.69. The lowest BCUT2D eigenvalue weighted by molar-refractivity contribution is -0.0155. The summed E-state index contributed by atoms with van der Waals surface area (Å²) in [6.07, 6.45) is 3.15. The van der Waals surface area contributed by atoms with Crippen molar-refractivity contribution in [2.75, 3.05) is 46.1 Å². The average molecular weight is 383 g/mol. The van der Waals surface area contributed by atoms with E-state index in [1.54, 1.807) is 4.90 Å². The molecule has 1 aromatic carbocycles. The van der Waals surface area contributed by atoms with Crippen molar-refractivity contribution in [3.05, 3.63) is 34.9 Å². The van der Waals surface area contributed by atoms with Crippen molar-refractivity contribution in [2.45, 2.75) is 31.5 Å². The van der Waals surface area contributed by atoms with E-state index in [1.165, 1.54) is 0 Å². The first-order chi connectivity index (χ1) is 12.7. The van der Waals surface area contributed by atoms with Crippen LogP contribution in [-0.4, -0.2) is 63.1 Å². The van der Waals surface area contributed by atoms with E-state index in [-0.39, 0.29) is 18.2 Å². The molecule has 2 atom stereocenters. The molecule has 2 fully saturated rings. The van der Waals surface area contributed by atoms with E-state index in [2.05, 4.69) is 5.32 Å². The van der Waals surface area contributed by atoms with Crippen molar-refractivity contribution >= 4 is 17.6 Å². The van der Waals surface area contributed by atoms with Gasteiger partial charge in [0.15, 0.2) is 0 Å². The van der Waals surface area contributed by atoms with E-state index in [1.807, 2.05) is 24.3 Å². The number of morpholine rings is 1. The van der Waals surface area contributed by atoms with E-state index in [4.69, 9.17) is 25.8 Å². The monoisotopic (exact) mass is 382 g/mol. The second kappa shape index (κ2) is 10.1. The van der Waals surface area contributed by atoms with Gasteiger partial charge in [-0.3, -0.25) is 0 Å². The molecule has 2 saturated heterocycles. The van der Waals surface area contributed by atoms with E-state index < -0.39 is 0 Å². The number of hydrogen-bond donors (Lipinski definition) is 1. The van der Waals surface area contributed by atoms with Crippen LogP contribution in [0, 0.1) is 0 Å². The second-order valence-electron chi connectivity index (χ2n) is 6.65. The third-order valence-corrected chi connectivity index (χ3v) is 4.92. The molecule has 6 nitrogen and oxygen atoms in total. The number of hydrogen-bond acceptors (Lipinski definition) is 4. The van der Waals surface area contributed by atoms with Gasteiger partial charge in [0.05, 0.1) is 25.9 Å². The highest BCUT2D eigenvalue weighted by Gasteiger charge is 2.25. The van der Waals surface area contributed by atoms with Gasteiger partial charge in [-0.25, -0.2) is 4.79 Å². The van der Waals surface area contributed by atoms with E-state index in [0.29, 0.717) is 44.5 Å². The molecule has 0 aliphatic carbocycles. The number of amides is 2. The summed E-state index contributed by atoms with van der Waals surface area (Å²) in [7, 11) is 0. The Morgan fingerprint density at radius 1 is 1.27 bits per heavy atom. The fraction of sp³-hybridized carbons (Fsp3) is 0.632. The highest BCUT2D eigenvalue weighted by Crippen LogP contribution is 2.23. The van der Waals surface area contributed by atoms with Crippen LogP contribution in [0.25, 0.3) is 0 Å². The molecular formula is C19H27ClN2O4. The van der Waals surface area contributed by atoms with Gasteiger partial charge in [-0.1, -0.05) is 23.7 Å². The summed E-state index contributed by atoms with van der Waals surface area (Å²) in [5.41, 5.74) is 1.04. The second-order valence-corrected chi connectivity index (χ2v) is 7.09. The molecule has 0 unspecified atom stereocenters. The fourth-order valence-electron chi connectivity index (χ4n) is 3.18. The van der Waals surface area contributed by atoms with Gasteiger partial charge in [-0.2, -0.15) is 0 Å². The van der Waals surface area contributed by atoms with Crippen LogP contribution in [-0.2, 0) is 14.2 Å². The number of ether oxygens (including phenoxy) is 3. The minimum Gasteiger partial charge on any atom is -0.379 e. The molecule has 1 N–H and O–H groups in total. The molecule has 0 spiro atoms. The molecule has 3 rings (SSSR count). The lowest BCUT2D eigenvalue weighted by Crippen LogP contribution is -2.47. The number of rotatable bonds is 7. The summed E-state index contributed by atoms with van der Waals surface area (Å²) in [6.45, 7) is 4.42. The summed E-state index contributed by atoms with van der Waals surface area (Å²) >= 11 is 5.93. The highest BCUT2D eigenvalue weighted by molar-refractivity contribution is 6.30. The van der Waals surface area contributed by atoms with Crippen molar-refractivity contribution in [1.82, 2.24) is 10.2 Å². The number of carbonyl (C=O) groups excluding carboxylic acids is 1. The van der Waals surface area contributed by atoms with Gasteiger partial charge in [-0.05, 0) is 37.0 Å². The molecule has 26 heavy (non-hydrogen) atoms. The Bertz CT molecular complexity index is 563. The number of carbonyl (C=O) groups is 1. The van der Waals surface area contributed by atoms with E-state index >= 15 is 0 Å². The summed E-state index contributed by atoms with van der Waals surface area (Å²) in [4.78, 5) is 14.1. The zero-order chi connectivity index (χ0) is 18.2. The molecule has 2 amide bonds. The maximum atomic E-state index is 12.3. The summed E-state index contributed by atoms with van der Waals surface area (Å²) in [5, 5.41) is 3.66. The van der Waals surface area contributed by atoms with Crippen LogP contribution in [0.4, 0.5) is 4.79 Å². The lowest BCUT2D eigenvalue weighted by Gasteiger charge is -2.33. The molecule has 7 heteroatoms. The normalized spacial score (nSPS) is 23.2. The maximum absolute atomic E-state index is 12.3. The Morgan fingerprint density at radius 2 is 2.12 bits per heavy atom. The lowest BCUT2D eigenvalue weighted by atomic mass is 10.1. The predicted octanol–water partition coefficient (Wildman–Crippen LogP) is 3.01. The van der Waals surface area contributed by atoms with E-state index in [9.17, 15) is 4.79 Å². The van der Waals surface area contributed by atoms with Gasteiger partial charge in [0, 0.05) is 31.3 Å². The largest absolute Gasteiger partial charge is 0.379 e. The fourth-order valence-corrected chi connectivity index (χ4v) is 3.31. The summed E-state index contributed by atoms with van der Waals surface area (Å²) in [6, 6.07) is 7.53. The molecule has 0 saturated carbocycles. The van der Waals surface area contributed by atoms with Crippen molar-refractivity contribution < 1.29 is 19.0 Å². The Morgan fingerprint density at radius 3 is 2.88 bits per heavy atom. The molecule has 144 valence electrons. The van der Waals surface area contributed by atoms with Crippen LogP contribution >= 0.6 is 11.6 Å². The highest BCUT2D eigenvalue weighted by atomic mass is 35.5. The first-order valence-electron chi connectivity index (χ1n) is 9.31. The predicted molar refractivity (Wildman–Crippen MR) is 99.5 cm³/mol. The third kappa shape index (κ3) is 5.84. The van der Waals surface area contributed by atoms with Gasteiger partial charge in [0.25, 0.3) is 0 Å². The topological polar surface area (TPSA) is 60.0 Å². The minimum atomic E-state index is -0.110. The molecular weight excluding hydrogens is 356 g/mol. The van der Waals surface area contributed by atoms with Crippen LogP contribution in [0.15, 0.2) is 24.3 Å². The van der Waals surface area contributed by atoms with Crippen molar-refractivity contribution in [3.63, 3.8) is 0 Å². The number of urea groups is 1. The SMILES string of the molecule is O=C(NCCCOC[C@H]1CCCO1)N1CCO[C@@H](c2ccc(Cl)cc2)C1. The Kier molecular flexibility index (Phi) is 7.55. The molecule has 2 heterocycles. The third-order valence-electron chi connectivity index (χ3n) is 4.66. The quantitative estimate of drug-likeness (QED) is 0.736. The standard InChI is InChI=1S/C19H27ClN2O4/c20-16-6-4-15(5-7-16)18-13-22(9-12-26-18)19(23)21-8-2-10-24-14-17-3-1-11-25-17/h4-7,17-18H,1-3,8-14H2,(H,21,23)/t17-,18-/m1/s1.